The van der Waals surface area contributed by atoms with E-state index < -0.39 is 71.8 Å². The van der Waals surface area contributed by atoms with Gasteiger partial charge in [-0.3, -0.25) is 13.7 Å². The molecule has 6 rings (SSSR count). The Bertz CT molecular complexity index is 1250. The summed E-state index contributed by atoms with van der Waals surface area (Å²) in [5.41, 5.74) is 6.66. The number of anilines is 1. The Morgan fingerprint density at radius 3 is 2.63 bits per heavy atom. The molecule has 2 aromatic heterocycles. The zero-order valence-corrected chi connectivity index (χ0v) is 20.8. The Kier molecular flexibility index (Phi) is 6.58. The van der Waals surface area contributed by atoms with Gasteiger partial charge < -0.3 is 44.8 Å². The number of nitrogens with zero attached hydrogens (tertiary/aromatic N) is 4. The minimum Gasteiger partial charge on any atom is -0.756 e. The fourth-order valence-corrected chi connectivity index (χ4v) is 6.70. The predicted molar refractivity (Wildman–Crippen MR) is 111 cm³/mol. The summed E-state index contributed by atoms with van der Waals surface area (Å²) in [5.74, 6) is -0.00846. The first-order valence-electron chi connectivity index (χ1n) is 10.1. The lowest BCUT2D eigenvalue weighted by atomic mass is 10.1. The number of hydrogen-bond acceptors (Lipinski definition) is 14. The summed E-state index contributed by atoms with van der Waals surface area (Å²) in [6, 6.07) is 0. The Morgan fingerprint density at radius 1 is 1.17 bits per heavy atom. The van der Waals surface area contributed by atoms with Crippen molar-refractivity contribution in [1.82, 2.24) is 14.5 Å². The highest BCUT2D eigenvalue weighted by Crippen LogP contribution is 2.58. The Morgan fingerprint density at radius 2 is 1.89 bits per heavy atom. The average molecular weight is 604 g/mol. The van der Waals surface area contributed by atoms with Crippen LogP contribution in [0.5, 0.6) is 0 Å². The quantitative estimate of drug-likeness (QED) is 0.124. The maximum atomic E-state index is 12.2. The number of aromatic nitrogens is 4. The van der Waals surface area contributed by atoms with E-state index in [-0.39, 0.29) is 28.1 Å². The van der Waals surface area contributed by atoms with E-state index in [1.54, 1.807) is 0 Å². The smallest absolute Gasteiger partial charge is 0.478 e. The van der Waals surface area contributed by atoms with Crippen LogP contribution in [0.15, 0.2) is 11.1 Å². The van der Waals surface area contributed by atoms with Crippen LogP contribution in [0.2, 0.25) is 0 Å². The molecule has 0 amide bonds. The molecular weight excluding hydrogens is 584 g/mol. The van der Waals surface area contributed by atoms with E-state index in [4.69, 9.17) is 19.7 Å². The molecule has 0 radical (unpaired) electrons. The van der Waals surface area contributed by atoms with Crippen molar-refractivity contribution < 1.29 is 61.6 Å². The number of aliphatic hydroxyl groups excluding tert-OH is 3. The molecule has 2 fully saturated rings. The molecule has 35 heavy (non-hydrogen) atoms. The van der Waals surface area contributed by atoms with Crippen LogP contribution in [0.3, 0.4) is 0 Å². The van der Waals surface area contributed by atoms with Crippen molar-refractivity contribution >= 4 is 48.6 Å². The standard InChI is InChI=1S/C15H20BrN5O12P2/c16-15-19-9-12(17)20-4-18-13(9)21(15)8-1-5(22)6(31-8)2-29-34(25,26)33-35(27,28)30-3-7-10(23)11(24)14(20)32-7/h4-8,10-11,14,17,22-24H,1-3H2,(H2,25,26,27,28)/t5-,6+,7+,8+,10+,11+,14+/m0/s1. The van der Waals surface area contributed by atoms with Gasteiger partial charge in [0.2, 0.25) is 18.2 Å². The molecule has 0 aliphatic carbocycles. The van der Waals surface area contributed by atoms with E-state index in [2.05, 4.69) is 34.7 Å². The first-order chi connectivity index (χ1) is 16.4. The number of rotatable bonds is 0. The minimum absolute atomic E-state index is 0.00731. The van der Waals surface area contributed by atoms with E-state index in [9.17, 15) is 34.2 Å². The lowest BCUT2D eigenvalue weighted by Crippen LogP contribution is -2.48. The molecule has 0 spiro atoms. The van der Waals surface area contributed by atoms with Crippen LogP contribution in [0.25, 0.3) is 11.2 Å². The van der Waals surface area contributed by atoms with Gasteiger partial charge in [-0.25, -0.2) is 18.4 Å². The maximum Gasteiger partial charge on any atom is 0.478 e. The minimum atomic E-state index is -5.45. The number of imidazole rings is 1. The number of aliphatic hydroxyl groups is 3. The maximum absolute atomic E-state index is 12.2. The molecule has 0 aromatic carbocycles. The number of nitrogens with two attached hydrogens (primary N) is 1. The SMILES string of the molecule is Nc1c2nc(Br)n3c2nc[n+]1[C@@H]1O[C@H](COP(=O)([O-])OP(=O)(O)OC[C@H]2O[C@@H]3C[C@@H]2O)[C@@H](O)[C@H]1O. The zero-order chi connectivity index (χ0) is 25.3. The molecule has 2 aromatic rings. The molecular formula is C15H20BrN5O12P2. The van der Waals surface area contributed by atoms with E-state index in [1.807, 2.05) is 0 Å². The van der Waals surface area contributed by atoms with Gasteiger partial charge in [-0.1, -0.05) is 4.98 Å². The van der Waals surface area contributed by atoms with Gasteiger partial charge in [0.25, 0.3) is 13.6 Å². The van der Waals surface area contributed by atoms with Gasteiger partial charge in [0.05, 0.1) is 19.3 Å². The first kappa shape index (κ1) is 25.5. The molecule has 0 saturated carbocycles. The topological polar surface area (TPSA) is 245 Å². The summed E-state index contributed by atoms with van der Waals surface area (Å²) in [4.78, 5) is 30.5. The summed E-state index contributed by atoms with van der Waals surface area (Å²) in [5, 5.41) is 31.2. The van der Waals surface area contributed by atoms with Crippen LogP contribution < -0.4 is 15.2 Å². The summed E-state index contributed by atoms with van der Waals surface area (Å²) < 4.78 is 51.8. The molecule has 6 N–H and O–H groups in total. The number of nitrogen functional groups attached to an aromatic ring is 1. The highest BCUT2D eigenvalue weighted by atomic mass is 79.9. The molecule has 20 heteroatoms. The monoisotopic (exact) mass is 603 g/mol. The highest BCUT2D eigenvalue weighted by Gasteiger charge is 2.48. The molecule has 4 aliphatic heterocycles. The average Bonchev–Trinajstić information content (AvgIpc) is 3.38. The van der Waals surface area contributed by atoms with Crippen molar-refractivity contribution in [2.24, 2.45) is 0 Å². The Balaban J connectivity index is 1.58. The zero-order valence-electron chi connectivity index (χ0n) is 17.4. The van der Waals surface area contributed by atoms with E-state index in [1.165, 1.54) is 15.5 Å². The fourth-order valence-electron chi connectivity index (χ4n) is 4.08. The Labute approximate surface area is 204 Å². The number of hydrogen-bond donors (Lipinski definition) is 5. The van der Waals surface area contributed by atoms with Gasteiger partial charge in [-0.2, -0.15) is 0 Å². The number of halogens is 1. The Hall–Kier alpha value is -1.11. The number of fused-ring (bicyclic) bond motifs is 7. The van der Waals surface area contributed by atoms with E-state index >= 15 is 0 Å². The van der Waals surface area contributed by atoms with Crippen LogP contribution >= 0.6 is 31.6 Å². The third kappa shape index (κ3) is 4.68. The van der Waals surface area contributed by atoms with Gasteiger partial charge in [0.15, 0.2) is 10.3 Å². The second kappa shape index (κ2) is 9.02. The molecule has 17 nitrogen and oxygen atoms in total. The molecule has 2 unspecified atom stereocenters. The normalized spacial score (nSPS) is 42.5. The summed E-state index contributed by atoms with van der Waals surface area (Å²) in [7, 11) is -10.7. The van der Waals surface area contributed by atoms with Crippen LogP contribution in [-0.2, 0) is 32.0 Å². The van der Waals surface area contributed by atoms with Crippen LogP contribution in [0.1, 0.15) is 18.9 Å². The summed E-state index contributed by atoms with van der Waals surface area (Å²) in [6.07, 6.45) is -7.89. The second-order valence-corrected chi connectivity index (χ2v) is 11.7. The van der Waals surface area contributed by atoms with Crippen molar-refractivity contribution in [1.29, 1.82) is 0 Å². The predicted octanol–water partition coefficient (Wildman–Crippen LogP) is -2.04. The van der Waals surface area contributed by atoms with Gasteiger partial charge in [-0.15, -0.1) is 0 Å². The van der Waals surface area contributed by atoms with Gasteiger partial charge in [-0.05, 0) is 15.9 Å². The third-order valence-electron chi connectivity index (χ3n) is 5.77. The number of phosphoric ester groups is 2. The molecule has 194 valence electrons. The largest absolute Gasteiger partial charge is 0.756 e. The van der Waals surface area contributed by atoms with Crippen molar-refractivity contribution in [3.05, 3.63) is 11.1 Å². The van der Waals surface area contributed by atoms with E-state index in [0.29, 0.717) is 0 Å². The number of ether oxygens (including phenoxy) is 2. The van der Waals surface area contributed by atoms with Crippen LogP contribution in [0.4, 0.5) is 5.82 Å². The van der Waals surface area contributed by atoms with Crippen molar-refractivity contribution in [3.8, 4) is 0 Å². The fraction of sp³-hybridized carbons (Fsp3) is 0.667. The molecule has 6 heterocycles. The van der Waals surface area contributed by atoms with Gasteiger partial charge in [0.1, 0.15) is 30.6 Å². The van der Waals surface area contributed by atoms with Crippen LogP contribution in [0, 0.1) is 0 Å². The molecule has 9 atom stereocenters. The van der Waals surface area contributed by atoms with Crippen molar-refractivity contribution in [2.45, 2.75) is 49.4 Å². The third-order valence-corrected chi connectivity index (χ3v) is 8.90. The molecule has 8 bridgehead atoms. The van der Waals surface area contributed by atoms with E-state index in [0.717, 1.165) is 0 Å². The summed E-state index contributed by atoms with van der Waals surface area (Å²) >= 11 is 3.29. The van der Waals surface area contributed by atoms with Gasteiger partial charge >= 0.3 is 7.82 Å². The molecule has 2 saturated heterocycles. The van der Waals surface area contributed by atoms with Gasteiger partial charge in [0, 0.05) is 6.42 Å². The van der Waals surface area contributed by atoms with Crippen LogP contribution in [-0.4, -0.2) is 78.5 Å². The number of phosphoric acid groups is 2. The highest BCUT2D eigenvalue weighted by molar-refractivity contribution is 9.10. The first-order valence-corrected chi connectivity index (χ1v) is 13.8. The lowest BCUT2D eigenvalue weighted by molar-refractivity contribution is -0.755. The molecule has 4 aliphatic rings. The second-order valence-electron chi connectivity index (χ2n) is 8.03. The lowest BCUT2D eigenvalue weighted by Gasteiger charge is -2.26. The van der Waals surface area contributed by atoms with Crippen molar-refractivity contribution in [3.63, 3.8) is 0 Å². The summed E-state index contributed by atoms with van der Waals surface area (Å²) in [6.45, 7) is -1.58. The van der Waals surface area contributed by atoms with Crippen molar-refractivity contribution in [2.75, 3.05) is 18.9 Å².